The summed E-state index contributed by atoms with van der Waals surface area (Å²) >= 11 is 0. The highest BCUT2D eigenvalue weighted by atomic mass is 16.6. The molecule has 1 atom stereocenters. The smallest absolute Gasteiger partial charge is 0.407 e. The molecule has 5 nitrogen and oxygen atoms in total. The molecule has 1 heterocycles. The Morgan fingerprint density at radius 3 is 2.76 bits per heavy atom. The van der Waals surface area contributed by atoms with Crippen LogP contribution in [0.2, 0.25) is 0 Å². The summed E-state index contributed by atoms with van der Waals surface area (Å²) in [4.78, 5) is 11.6. The Hall–Kier alpha value is -1.49. The number of rotatable bonds is 7. The van der Waals surface area contributed by atoms with Gasteiger partial charge >= 0.3 is 6.09 Å². The van der Waals surface area contributed by atoms with Crippen molar-refractivity contribution < 1.29 is 9.53 Å². The van der Waals surface area contributed by atoms with Crippen molar-refractivity contribution in [3.63, 3.8) is 0 Å². The van der Waals surface area contributed by atoms with Gasteiger partial charge in [0, 0.05) is 31.0 Å². The van der Waals surface area contributed by atoms with Gasteiger partial charge in [0.15, 0.2) is 0 Å². The summed E-state index contributed by atoms with van der Waals surface area (Å²) < 4.78 is 7.45. The molecule has 1 unspecified atom stereocenters. The number of nitrogens with one attached hydrogen (secondary N) is 2. The molecule has 2 N–H and O–H groups in total. The number of ether oxygens (including phenoxy) is 1. The summed E-state index contributed by atoms with van der Waals surface area (Å²) in [6.07, 6.45) is 2.60. The molecule has 1 rings (SSSR count). The van der Waals surface area contributed by atoms with Crippen LogP contribution in [0.3, 0.4) is 0 Å². The number of carbonyl (C=O) groups excluding carboxylic acids is 1. The fourth-order valence-corrected chi connectivity index (χ4v) is 2.03. The van der Waals surface area contributed by atoms with Gasteiger partial charge in [0.2, 0.25) is 0 Å². The van der Waals surface area contributed by atoms with Crippen molar-refractivity contribution in [3.05, 3.63) is 24.0 Å². The second kappa shape index (κ2) is 8.08. The second-order valence-electron chi connectivity index (χ2n) is 6.30. The molecule has 0 spiro atoms. The van der Waals surface area contributed by atoms with Gasteiger partial charge in [-0.3, -0.25) is 0 Å². The Morgan fingerprint density at radius 1 is 1.43 bits per heavy atom. The van der Waals surface area contributed by atoms with Crippen molar-refractivity contribution in [2.24, 2.45) is 0 Å². The topological polar surface area (TPSA) is 55.3 Å². The fraction of sp³-hybridized carbons (Fsp3) is 0.688. The quantitative estimate of drug-likeness (QED) is 0.761. The molecule has 1 aromatic rings. The molecule has 0 fully saturated rings. The van der Waals surface area contributed by atoms with E-state index in [0.29, 0.717) is 0 Å². The fourth-order valence-electron chi connectivity index (χ4n) is 2.03. The summed E-state index contributed by atoms with van der Waals surface area (Å²) in [6, 6.07) is 4.27. The number of aryl methyl sites for hydroxylation is 1. The van der Waals surface area contributed by atoms with Gasteiger partial charge in [0.05, 0.1) is 0 Å². The number of hydrogen-bond donors (Lipinski definition) is 2. The molecule has 1 aromatic heterocycles. The van der Waals surface area contributed by atoms with Crippen LogP contribution >= 0.6 is 0 Å². The molecule has 120 valence electrons. The van der Waals surface area contributed by atoms with Crippen LogP contribution < -0.4 is 10.6 Å². The first-order chi connectivity index (χ1) is 9.81. The van der Waals surface area contributed by atoms with Gasteiger partial charge in [0.1, 0.15) is 5.60 Å². The van der Waals surface area contributed by atoms with E-state index < -0.39 is 5.60 Å². The minimum atomic E-state index is -0.451. The third-order valence-corrected chi connectivity index (χ3v) is 3.09. The highest BCUT2D eigenvalue weighted by Crippen LogP contribution is 2.07. The molecular weight excluding hydrogens is 266 g/mol. The predicted molar refractivity (Wildman–Crippen MR) is 85.3 cm³/mol. The van der Waals surface area contributed by atoms with Crippen LogP contribution in [-0.2, 0) is 17.8 Å². The zero-order valence-corrected chi connectivity index (χ0v) is 13.9. The van der Waals surface area contributed by atoms with Gasteiger partial charge in [-0.2, -0.15) is 0 Å². The molecule has 0 radical (unpaired) electrons. The maximum atomic E-state index is 11.6. The zero-order chi connectivity index (χ0) is 15.9. The van der Waals surface area contributed by atoms with Gasteiger partial charge in [0.25, 0.3) is 0 Å². The first kappa shape index (κ1) is 17.6. The van der Waals surface area contributed by atoms with Crippen LogP contribution in [0.5, 0.6) is 0 Å². The van der Waals surface area contributed by atoms with Crippen molar-refractivity contribution in [2.75, 3.05) is 6.54 Å². The molecule has 1 amide bonds. The lowest BCUT2D eigenvalue weighted by atomic mass is 10.2. The van der Waals surface area contributed by atoms with Crippen LogP contribution in [-0.4, -0.2) is 28.8 Å². The van der Waals surface area contributed by atoms with Gasteiger partial charge in [-0.1, -0.05) is 0 Å². The normalized spacial score (nSPS) is 13.0. The summed E-state index contributed by atoms with van der Waals surface area (Å²) in [5, 5.41) is 6.25. The average Bonchev–Trinajstić information content (AvgIpc) is 2.79. The SMILES string of the molecule is CCn1cccc1CNCCC(C)NC(=O)OC(C)(C)C. The van der Waals surface area contributed by atoms with E-state index >= 15 is 0 Å². The van der Waals surface area contributed by atoms with Crippen LogP contribution in [0, 0.1) is 0 Å². The monoisotopic (exact) mass is 295 g/mol. The molecule has 5 heteroatoms. The summed E-state index contributed by atoms with van der Waals surface area (Å²) in [5.74, 6) is 0. The average molecular weight is 295 g/mol. The van der Waals surface area contributed by atoms with Crippen molar-refractivity contribution in [1.82, 2.24) is 15.2 Å². The molecular formula is C16H29N3O2. The molecule has 0 saturated heterocycles. The standard InChI is InChI=1S/C16H29N3O2/c1-6-19-11-7-8-14(19)12-17-10-9-13(2)18-15(20)21-16(3,4)5/h7-8,11,13,17H,6,9-10,12H2,1-5H3,(H,18,20). The first-order valence-corrected chi connectivity index (χ1v) is 7.66. The highest BCUT2D eigenvalue weighted by Gasteiger charge is 2.17. The first-order valence-electron chi connectivity index (χ1n) is 7.66. The van der Waals surface area contributed by atoms with Crippen LogP contribution in [0.4, 0.5) is 4.79 Å². The lowest BCUT2D eigenvalue weighted by Gasteiger charge is -2.22. The summed E-state index contributed by atoms with van der Waals surface area (Å²) in [6.45, 7) is 12.4. The van der Waals surface area contributed by atoms with Gasteiger partial charge in [-0.05, 0) is 59.7 Å². The van der Waals surface area contributed by atoms with Crippen LogP contribution in [0.1, 0.15) is 46.7 Å². The Labute approximate surface area is 128 Å². The van der Waals surface area contributed by atoms with Crippen molar-refractivity contribution in [3.8, 4) is 0 Å². The zero-order valence-electron chi connectivity index (χ0n) is 13.9. The molecule has 0 saturated carbocycles. The maximum Gasteiger partial charge on any atom is 0.407 e. The van der Waals surface area contributed by atoms with Crippen molar-refractivity contribution in [2.45, 2.75) is 65.8 Å². The number of amides is 1. The molecule has 0 aliphatic carbocycles. The number of aromatic nitrogens is 1. The van der Waals surface area contributed by atoms with E-state index in [2.05, 4.69) is 40.5 Å². The molecule has 0 bridgehead atoms. The van der Waals surface area contributed by atoms with E-state index in [0.717, 1.165) is 26.1 Å². The number of hydrogen-bond acceptors (Lipinski definition) is 3. The highest BCUT2D eigenvalue weighted by molar-refractivity contribution is 5.67. The van der Waals surface area contributed by atoms with E-state index in [-0.39, 0.29) is 12.1 Å². The number of carbonyl (C=O) groups is 1. The molecule has 0 aromatic carbocycles. The predicted octanol–water partition coefficient (Wildman–Crippen LogP) is 2.90. The van der Waals surface area contributed by atoms with Crippen LogP contribution in [0.25, 0.3) is 0 Å². The van der Waals surface area contributed by atoms with Crippen LogP contribution in [0.15, 0.2) is 18.3 Å². The minimum Gasteiger partial charge on any atom is -0.444 e. The van der Waals surface area contributed by atoms with Gasteiger partial charge in [-0.15, -0.1) is 0 Å². The largest absolute Gasteiger partial charge is 0.444 e. The van der Waals surface area contributed by atoms with E-state index in [1.807, 2.05) is 27.7 Å². The molecule has 21 heavy (non-hydrogen) atoms. The number of alkyl carbamates (subject to hydrolysis) is 1. The molecule has 0 aliphatic heterocycles. The molecule has 0 aliphatic rings. The van der Waals surface area contributed by atoms with Crippen molar-refractivity contribution in [1.29, 1.82) is 0 Å². The Balaban J connectivity index is 2.19. The lowest BCUT2D eigenvalue weighted by molar-refractivity contribution is 0.0506. The van der Waals surface area contributed by atoms with E-state index in [9.17, 15) is 4.79 Å². The Bertz CT molecular complexity index is 435. The summed E-state index contributed by atoms with van der Waals surface area (Å²) in [7, 11) is 0. The second-order valence-corrected chi connectivity index (χ2v) is 6.30. The van der Waals surface area contributed by atoms with E-state index in [1.165, 1.54) is 5.69 Å². The third-order valence-electron chi connectivity index (χ3n) is 3.09. The Kier molecular flexibility index (Phi) is 6.75. The lowest BCUT2D eigenvalue weighted by Crippen LogP contribution is -2.38. The van der Waals surface area contributed by atoms with E-state index in [4.69, 9.17) is 4.74 Å². The maximum absolute atomic E-state index is 11.6. The third kappa shape index (κ3) is 7.18. The van der Waals surface area contributed by atoms with E-state index in [1.54, 1.807) is 0 Å². The number of nitrogens with zero attached hydrogens (tertiary/aromatic N) is 1. The van der Waals surface area contributed by atoms with Crippen molar-refractivity contribution >= 4 is 6.09 Å². The van der Waals surface area contributed by atoms with Gasteiger partial charge < -0.3 is 19.9 Å². The van der Waals surface area contributed by atoms with Gasteiger partial charge in [-0.25, -0.2) is 4.79 Å². The summed E-state index contributed by atoms with van der Waals surface area (Å²) in [5.41, 5.74) is 0.832. The minimum absolute atomic E-state index is 0.0883. The Morgan fingerprint density at radius 2 is 2.14 bits per heavy atom.